The molecule has 3 aromatic carbocycles. The van der Waals surface area contributed by atoms with Gasteiger partial charge in [0, 0.05) is 35.7 Å². The number of aryl methyl sites for hydroxylation is 1. The fourth-order valence-electron chi connectivity index (χ4n) is 4.42. The van der Waals surface area contributed by atoms with Crippen molar-refractivity contribution in [1.29, 1.82) is 0 Å². The predicted octanol–water partition coefficient (Wildman–Crippen LogP) is 6.69. The van der Waals surface area contributed by atoms with Crippen LogP contribution < -0.4 is 5.32 Å². The van der Waals surface area contributed by atoms with Crippen molar-refractivity contribution in [3.05, 3.63) is 95.4 Å². The molecule has 0 radical (unpaired) electrons. The third kappa shape index (κ3) is 5.15. The first-order valence-electron chi connectivity index (χ1n) is 11.6. The van der Waals surface area contributed by atoms with Crippen molar-refractivity contribution in [2.45, 2.75) is 33.1 Å². The molecule has 1 N–H and O–H groups in total. The SMILES string of the molecule is Cc1ccc(CC(c2ccc3c(cnn3-c3ccc(F)cc3)c2)C(C)(C)C(=O)NC2=NI=CS2)cc1. The molecule has 5 rings (SSSR count). The van der Waals surface area contributed by atoms with E-state index in [0.29, 0.717) is 5.17 Å². The molecule has 1 aliphatic rings. The van der Waals surface area contributed by atoms with E-state index in [0.717, 1.165) is 28.6 Å². The van der Waals surface area contributed by atoms with Crippen molar-refractivity contribution in [3.63, 3.8) is 0 Å². The number of rotatable bonds is 6. The van der Waals surface area contributed by atoms with E-state index >= 15 is 0 Å². The maximum atomic E-state index is 13.5. The predicted molar refractivity (Wildman–Crippen MR) is 156 cm³/mol. The summed E-state index contributed by atoms with van der Waals surface area (Å²) in [6.45, 7) is 6.09. The highest BCUT2D eigenvalue weighted by Crippen LogP contribution is 2.40. The van der Waals surface area contributed by atoms with Crippen molar-refractivity contribution in [2.24, 2.45) is 8.62 Å². The van der Waals surface area contributed by atoms with E-state index < -0.39 is 5.41 Å². The fourth-order valence-corrected chi connectivity index (χ4v) is 7.16. The van der Waals surface area contributed by atoms with E-state index in [-0.39, 0.29) is 38.6 Å². The molecule has 0 spiro atoms. The Kier molecular flexibility index (Phi) is 7.07. The summed E-state index contributed by atoms with van der Waals surface area (Å²) in [4.78, 5) is 13.5. The Balaban J connectivity index is 1.52. The summed E-state index contributed by atoms with van der Waals surface area (Å²) in [7, 11) is 0. The van der Waals surface area contributed by atoms with Gasteiger partial charge in [-0.2, -0.15) is 8.30 Å². The highest BCUT2D eigenvalue weighted by atomic mass is 127. The van der Waals surface area contributed by atoms with E-state index in [2.05, 4.69) is 60.3 Å². The second kappa shape index (κ2) is 10.3. The average Bonchev–Trinajstić information content (AvgIpc) is 3.53. The van der Waals surface area contributed by atoms with Gasteiger partial charge in [0.05, 0.1) is 22.8 Å². The molecule has 5 nitrogen and oxygen atoms in total. The van der Waals surface area contributed by atoms with Gasteiger partial charge in [0.25, 0.3) is 0 Å². The summed E-state index contributed by atoms with van der Waals surface area (Å²) in [6.07, 6.45) is 2.54. The molecule has 4 aromatic rings. The molecule has 184 valence electrons. The number of hydrogen-bond donors (Lipinski definition) is 1. The molecule has 1 aromatic heterocycles. The first-order valence-corrected chi connectivity index (χ1v) is 14.7. The van der Waals surface area contributed by atoms with Crippen molar-refractivity contribution in [3.8, 4) is 5.69 Å². The Bertz CT molecular complexity index is 1480. The molecular formula is C28H26FIN4OS. The van der Waals surface area contributed by atoms with Crippen LogP contribution in [0.1, 0.15) is 36.5 Å². The van der Waals surface area contributed by atoms with Crippen LogP contribution in [0.15, 0.2) is 76.1 Å². The number of amides is 1. The van der Waals surface area contributed by atoms with Gasteiger partial charge in [-0.3, -0.25) is 4.79 Å². The Morgan fingerprint density at radius 2 is 1.86 bits per heavy atom. The minimum Gasteiger partial charge on any atom is -0.304 e. The molecule has 1 aliphatic heterocycles. The number of halogens is 2. The second-order valence-electron chi connectivity index (χ2n) is 9.46. The molecule has 1 atom stereocenters. The summed E-state index contributed by atoms with van der Waals surface area (Å²) >= 11 is 1.18. The normalized spacial score (nSPS) is 14.4. The van der Waals surface area contributed by atoms with E-state index in [1.165, 1.54) is 35.0 Å². The third-order valence-electron chi connectivity index (χ3n) is 6.62. The van der Waals surface area contributed by atoms with Crippen LogP contribution in [0.4, 0.5) is 4.39 Å². The molecule has 36 heavy (non-hydrogen) atoms. The average molecular weight is 613 g/mol. The lowest BCUT2D eigenvalue weighted by Gasteiger charge is -2.34. The van der Waals surface area contributed by atoms with Gasteiger partial charge in [0.15, 0.2) is 5.17 Å². The number of aromatic nitrogens is 2. The number of carbonyl (C=O) groups is 1. The van der Waals surface area contributed by atoms with Crippen LogP contribution in [0.25, 0.3) is 16.6 Å². The maximum Gasteiger partial charge on any atom is 0.232 e. The Morgan fingerprint density at radius 1 is 1.11 bits per heavy atom. The Labute approximate surface area is 224 Å². The number of nitrogens with zero attached hydrogens (tertiary/aromatic N) is 3. The molecular weight excluding hydrogens is 586 g/mol. The summed E-state index contributed by atoms with van der Waals surface area (Å²) in [5.74, 6) is -0.393. The minimum atomic E-state index is -0.699. The number of amidine groups is 1. The van der Waals surface area contributed by atoms with Crippen LogP contribution in [0.3, 0.4) is 0 Å². The van der Waals surface area contributed by atoms with Crippen LogP contribution >= 0.6 is 32.8 Å². The van der Waals surface area contributed by atoms with Crippen molar-refractivity contribution >= 4 is 58.1 Å². The van der Waals surface area contributed by atoms with Gasteiger partial charge < -0.3 is 5.32 Å². The number of hydrogen-bond acceptors (Lipinski definition) is 4. The Hall–Kier alpha value is -2.85. The summed E-state index contributed by atoms with van der Waals surface area (Å²) in [5.41, 5.74) is 4.48. The second-order valence-corrected chi connectivity index (χ2v) is 12.8. The first-order chi connectivity index (χ1) is 17.3. The van der Waals surface area contributed by atoms with Crippen molar-refractivity contribution in [2.75, 3.05) is 0 Å². The molecule has 2 heterocycles. The summed E-state index contributed by atoms with van der Waals surface area (Å²) < 4.78 is 21.8. The quantitative estimate of drug-likeness (QED) is 0.247. The lowest BCUT2D eigenvalue weighted by Crippen LogP contribution is -2.43. The van der Waals surface area contributed by atoms with E-state index in [4.69, 9.17) is 0 Å². The maximum absolute atomic E-state index is 13.5. The van der Waals surface area contributed by atoms with Crippen LogP contribution in [0.2, 0.25) is 0 Å². The monoisotopic (exact) mass is 612 g/mol. The third-order valence-corrected chi connectivity index (χ3v) is 9.74. The number of thioether (sulfide) groups is 1. The zero-order valence-corrected chi connectivity index (χ0v) is 23.2. The van der Waals surface area contributed by atoms with Crippen LogP contribution in [-0.2, 0) is 11.2 Å². The van der Waals surface area contributed by atoms with Gasteiger partial charge in [-0.15, -0.1) is 0 Å². The lowest BCUT2D eigenvalue weighted by atomic mass is 9.71. The largest absolute Gasteiger partial charge is 0.304 e. The Morgan fingerprint density at radius 3 is 2.56 bits per heavy atom. The fraction of sp³-hybridized carbons (Fsp3) is 0.214. The summed E-state index contributed by atoms with van der Waals surface area (Å²) in [6, 6.07) is 21.0. The molecule has 0 saturated heterocycles. The molecule has 0 saturated carbocycles. The number of benzene rings is 3. The van der Waals surface area contributed by atoms with Crippen LogP contribution in [-0.4, -0.2) is 24.2 Å². The topological polar surface area (TPSA) is 59.3 Å². The zero-order valence-electron chi connectivity index (χ0n) is 20.2. The zero-order chi connectivity index (χ0) is 25.3. The number of carbonyl (C=O) groups excluding carboxylic acids is 1. The van der Waals surface area contributed by atoms with Crippen molar-refractivity contribution in [1.82, 2.24) is 15.1 Å². The van der Waals surface area contributed by atoms with Crippen LogP contribution in [0.5, 0.6) is 0 Å². The van der Waals surface area contributed by atoms with Gasteiger partial charge in [0.1, 0.15) is 5.82 Å². The van der Waals surface area contributed by atoms with Gasteiger partial charge in [0.2, 0.25) is 5.91 Å². The van der Waals surface area contributed by atoms with Crippen molar-refractivity contribution < 1.29 is 9.18 Å². The number of nitrogens with one attached hydrogen (secondary N) is 1. The van der Waals surface area contributed by atoms with E-state index in [1.807, 2.05) is 26.1 Å². The molecule has 0 aliphatic carbocycles. The molecule has 0 fully saturated rings. The van der Waals surface area contributed by atoms with Crippen LogP contribution in [0, 0.1) is 18.2 Å². The standard InChI is InChI=1S/C28H26FIN4OS/c1-18-4-6-19(7-5-18)14-24(28(2,3)26(35)32-27-33-30-17-36-27)20-8-13-25-21(15-20)16-31-34(25)23-11-9-22(29)10-12-23/h4-13,15-17,24H,14H2,1-3H3,(H,32,33,35). The minimum absolute atomic E-state index is 0.0349. The molecule has 1 unspecified atom stereocenters. The van der Waals surface area contributed by atoms with Gasteiger partial charge in [-0.1, -0.05) is 61.5 Å². The molecule has 0 bridgehead atoms. The number of fused-ring (bicyclic) bond motifs is 1. The first kappa shape index (κ1) is 24.8. The smallest absolute Gasteiger partial charge is 0.232 e. The lowest BCUT2D eigenvalue weighted by molar-refractivity contribution is -0.128. The highest BCUT2D eigenvalue weighted by Gasteiger charge is 2.38. The van der Waals surface area contributed by atoms with Gasteiger partial charge in [-0.05, 0) is 60.9 Å². The highest BCUT2D eigenvalue weighted by molar-refractivity contribution is 14.2. The van der Waals surface area contributed by atoms with E-state index in [9.17, 15) is 9.18 Å². The summed E-state index contributed by atoms with van der Waals surface area (Å²) in [5, 5.41) is 9.28. The van der Waals surface area contributed by atoms with Gasteiger partial charge >= 0.3 is 0 Å². The van der Waals surface area contributed by atoms with Gasteiger partial charge in [-0.25, -0.2) is 9.07 Å². The molecule has 1 amide bonds. The van der Waals surface area contributed by atoms with E-state index in [1.54, 1.807) is 16.8 Å². The molecule has 8 heteroatoms.